The molecule has 0 spiro atoms. The van der Waals surface area contributed by atoms with E-state index in [1.807, 2.05) is 13.8 Å². The third-order valence-corrected chi connectivity index (χ3v) is 6.30. The van der Waals surface area contributed by atoms with Crippen molar-refractivity contribution < 1.29 is 22.4 Å². The number of amides is 1. The van der Waals surface area contributed by atoms with Gasteiger partial charge in [0, 0.05) is 0 Å². The van der Waals surface area contributed by atoms with Crippen molar-refractivity contribution in [3.63, 3.8) is 0 Å². The van der Waals surface area contributed by atoms with E-state index in [0.717, 1.165) is 0 Å². The van der Waals surface area contributed by atoms with Crippen LogP contribution in [0.15, 0.2) is 45.9 Å². The Morgan fingerprint density at radius 2 is 1.96 bits per heavy atom. The first-order valence-corrected chi connectivity index (χ1v) is 9.25. The summed E-state index contributed by atoms with van der Waals surface area (Å²) < 4.78 is 35.6. The summed E-state index contributed by atoms with van der Waals surface area (Å²) in [5.41, 5.74) is 0.283. The molecule has 2 aromatic rings. The van der Waals surface area contributed by atoms with Crippen LogP contribution in [0.4, 0.5) is 5.69 Å². The van der Waals surface area contributed by atoms with Crippen LogP contribution in [0.1, 0.15) is 37.2 Å². The van der Waals surface area contributed by atoms with Crippen LogP contribution in [-0.4, -0.2) is 26.7 Å². The van der Waals surface area contributed by atoms with Crippen molar-refractivity contribution >= 4 is 21.4 Å². The van der Waals surface area contributed by atoms with Crippen LogP contribution < -0.4 is 10.1 Å². The number of hydrogen-bond acceptors (Lipinski definition) is 5. The van der Waals surface area contributed by atoms with Crippen LogP contribution >= 0.6 is 0 Å². The Morgan fingerprint density at radius 1 is 1.25 bits per heavy atom. The molecule has 0 aliphatic rings. The fraction of sp³-hybridized carbons (Fsp3) is 0.353. The Bertz CT molecular complexity index is 792. The minimum absolute atomic E-state index is 0.130. The number of benzene rings is 1. The number of methoxy groups -OCH3 is 1. The molecule has 1 heterocycles. The smallest absolute Gasteiger partial charge is 0.291 e. The highest BCUT2D eigenvalue weighted by molar-refractivity contribution is 7.92. The van der Waals surface area contributed by atoms with E-state index in [0.29, 0.717) is 18.6 Å². The molecular weight excluding hydrogens is 330 g/mol. The third kappa shape index (κ3) is 3.62. The van der Waals surface area contributed by atoms with Gasteiger partial charge in [-0.2, -0.15) is 0 Å². The van der Waals surface area contributed by atoms with Gasteiger partial charge in [0.05, 0.1) is 29.2 Å². The Balaban J connectivity index is 2.39. The van der Waals surface area contributed by atoms with Gasteiger partial charge in [0.15, 0.2) is 15.6 Å². The lowest BCUT2D eigenvalue weighted by Crippen LogP contribution is -2.20. The molecule has 0 bridgehead atoms. The van der Waals surface area contributed by atoms with E-state index in [1.54, 1.807) is 6.07 Å². The van der Waals surface area contributed by atoms with Crippen LogP contribution in [0.25, 0.3) is 0 Å². The van der Waals surface area contributed by atoms with Gasteiger partial charge in [-0.1, -0.05) is 13.8 Å². The van der Waals surface area contributed by atoms with Crippen LogP contribution in [0.3, 0.4) is 0 Å². The first-order chi connectivity index (χ1) is 11.4. The van der Waals surface area contributed by atoms with Gasteiger partial charge < -0.3 is 14.5 Å². The molecule has 1 aromatic carbocycles. The standard InChI is InChI=1S/C17H21NO5S/c1-4-12(5-2)24(20,21)13-8-9-15(22-3)14(11-13)18-17(19)16-7-6-10-23-16/h6-12H,4-5H2,1-3H3,(H,18,19). The predicted molar refractivity (Wildman–Crippen MR) is 91.2 cm³/mol. The van der Waals surface area contributed by atoms with Crippen molar-refractivity contribution in [2.75, 3.05) is 12.4 Å². The van der Waals surface area contributed by atoms with E-state index in [-0.39, 0.29) is 16.3 Å². The van der Waals surface area contributed by atoms with E-state index in [2.05, 4.69) is 5.32 Å². The number of nitrogens with one attached hydrogen (secondary N) is 1. The molecule has 6 nitrogen and oxygen atoms in total. The summed E-state index contributed by atoms with van der Waals surface area (Å²) in [4.78, 5) is 12.3. The molecule has 130 valence electrons. The van der Waals surface area contributed by atoms with Gasteiger partial charge in [-0.05, 0) is 43.2 Å². The molecule has 0 saturated heterocycles. The summed E-state index contributed by atoms with van der Waals surface area (Å²) in [5, 5.41) is 2.17. The first kappa shape index (κ1) is 18.1. The van der Waals surface area contributed by atoms with Crippen molar-refractivity contribution in [3.8, 4) is 5.75 Å². The van der Waals surface area contributed by atoms with Gasteiger partial charge >= 0.3 is 0 Å². The first-order valence-electron chi connectivity index (χ1n) is 7.70. The molecule has 1 N–H and O–H groups in total. The molecule has 0 saturated carbocycles. The second-order valence-corrected chi connectivity index (χ2v) is 7.51. The Kier molecular flexibility index (Phi) is 5.66. The second-order valence-electron chi connectivity index (χ2n) is 5.28. The van der Waals surface area contributed by atoms with Gasteiger partial charge in [-0.15, -0.1) is 0 Å². The third-order valence-electron chi connectivity index (χ3n) is 3.84. The van der Waals surface area contributed by atoms with Crippen molar-refractivity contribution in [3.05, 3.63) is 42.4 Å². The molecular formula is C17H21NO5S. The molecule has 1 amide bonds. The van der Waals surface area contributed by atoms with Crippen LogP contribution in [0.2, 0.25) is 0 Å². The summed E-state index contributed by atoms with van der Waals surface area (Å²) in [6.45, 7) is 3.68. The normalized spacial score (nSPS) is 11.5. The number of carbonyl (C=O) groups is 1. The lowest BCUT2D eigenvalue weighted by molar-refractivity contribution is 0.0996. The topological polar surface area (TPSA) is 85.6 Å². The molecule has 2 rings (SSSR count). The number of sulfone groups is 1. The number of anilines is 1. The summed E-state index contributed by atoms with van der Waals surface area (Å²) in [5.74, 6) is 0.0269. The molecule has 24 heavy (non-hydrogen) atoms. The maximum absolute atomic E-state index is 12.7. The lowest BCUT2D eigenvalue weighted by Gasteiger charge is -2.16. The van der Waals surface area contributed by atoms with Gasteiger partial charge in [-0.25, -0.2) is 8.42 Å². The highest BCUT2D eigenvalue weighted by Crippen LogP contribution is 2.30. The fourth-order valence-corrected chi connectivity index (χ4v) is 4.28. The quantitative estimate of drug-likeness (QED) is 0.825. The Labute approximate surface area is 141 Å². The van der Waals surface area contributed by atoms with E-state index in [4.69, 9.17) is 9.15 Å². The molecule has 0 radical (unpaired) electrons. The zero-order valence-electron chi connectivity index (χ0n) is 13.9. The molecule has 0 fully saturated rings. The Morgan fingerprint density at radius 3 is 2.50 bits per heavy atom. The van der Waals surface area contributed by atoms with Crippen molar-refractivity contribution in [1.82, 2.24) is 0 Å². The minimum Gasteiger partial charge on any atom is -0.495 e. The molecule has 1 aromatic heterocycles. The van der Waals surface area contributed by atoms with Crippen LogP contribution in [-0.2, 0) is 9.84 Å². The van der Waals surface area contributed by atoms with E-state index < -0.39 is 21.0 Å². The summed E-state index contributed by atoms with van der Waals surface area (Å²) in [6.07, 6.45) is 2.44. The highest BCUT2D eigenvalue weighted by Gasteiger charge is 2.25. The van der Waals surface area contributed by atoms with Crippen molar-refractivity contribution in [1.29, 1.82) is 0 Å². The zero-order valence-corrected chi connectivity index (χ0v) is 14.7. The molecule has 0 unspecified atom stereocenters. The Hall–Kier alpha value is -2.28. The summed E-state index contributed by atoms with van der Waals surface area (Å²) in [7, 11) is -2.02. The monoisotopic (exact) mass is 351 g/mol. The van der Waals surface area contributed by atoms with E-state index in [1.165, 1.54) is 37.6 Å². The minimum atomic E-state index is -3.47. The average Bonchev–Trinajstić information content (AvgIpc) is 3.10. The molecule has 0 aliphatic carbocycles. The summed E-state index contributed by atoms with van der Waals surface area (Å²) in [6, 6.07) is 7.57. The zero-order chi connectivity index (χ0) is 17.7. The second kappa shape index (κ2) is 7.53. The fourth-order valence-electron chi connectivity index (χ4n) is 2.47. The number of furan rings is 1. The molecule has 0 aliphatic heterocycles. The van der Waals surface area contributed by atoms with E-state index >= 15 is 0 Å². The number of hydrogen-bond donors (Lipinski definition) is 1. The molecule has 7 heteroatoms. The van der Waals surface area contributed by atoms with Gasteiger partial charge in [0.25, 0.3) is 5.91 Å². The summed E-state index contributed by atoms with van der Waals surface area (Å²) >= 11 is 0. The van der Waals surface area contributed by atoms with E-state index in [9.17, 15) is 13.2 Å². The van der Waals surface area contributed by atoms with Gasteiger partial charge in [0.2, 0.25) is 0 Å². The van der Waals surface area contributed by atoms with Gasteiger partial charge in [-0.3, -0.25) is 4.79 Å². The van der Waals surface area contributed by atoms with Gasteiger partial charge in [0.1, 0.15) is 5.75 Å². The number of ether oxygens (including phenoxy) is 1. The predicted octanol–water partition coefficient (Wildman–Crippen LogP) is 3.50. The maximum atomic E-state index is 12.7. The van der Waals surface area contributed by atoms with Crippen molar-refractivity contribution in [2.24, 2.45) is 0 Å². The molecule has 0 atom stereocenters. The SMILES string of the molecule is CCC(CC)S(=O)(=O)c1ccc(OC)c(NC(=O)c2ccco2)c1. The maximum Gasteiger partial charge on any atom is 0.291 e. The largest absolute Gasteiger partial charge is 0.495 e. The number of rotatable bonds is 7. The van der Waals surface area contributed by atoms with Crippen LogP contribution in [0, 0.1) is 0 Å². The highest BCUT2D eigenvalue weighted by atomic mass is 32.2. The van der Waals surface area contributed by atoms with Crippen molar-refractivity contribution in [2.45, 2.75) is 36.8 Å². The average molecular weight is 351 g/mol. The van der Waals surface area contributed by atoms with Crippen LogP contribution in [0.5, 0.6) is 5.75 Å². The number of carbonyl (C=O) groups excluding carboxylic acids is 1. The lowest BCUT2D eigenvalue weighted by atomic mass is 10.2.